The maximum Gasteiger partial charge on any atom is 0.0671 e. The monoisotopic (exact) mass is 211 g/mol. The van der Waals surface area contributed by atoms with E-state index < -0.39 is 0 Å². The molecular weight excluding hydrogens is 186 g/mol. The molecule has 0 radical (unpaired) electrons. The number of hydrogen-bond donors (Lipinski definition) is 1. The first kappa shape index (κ1) is 12.7. The van der Waals surface area contributed by atoms with Crippen LogP contribution in [0.25, 0.3) is 0 Å². The molecule has 2 heteroatoms. The third kappa shape index (κ3) is 5.95. The van der Waals surface area contributed by atoms with E-state index in [2.05, 4.69) is 18.8 Å². The molecule has 1 saturated carbocycles. The van der Waals surface area contributed by atoms with Crippen molar-refractivity contribution in [1.82, 2.24) is 5.32 Å². The van der Waals surface area contributed by atoms with Gasteiger partial charge in [0.2, 0.25) is 0 Å². The van der Waals surface area contributed by atoms with Crippen molar-refractivity contribution in [3.8, 4) is 0 Å². The molecular formula is C13H25NO. The first-order valence-electron chi connectivity index (χ1n) is 6.29. The molecule has 88 valence electrons. The van der Waals surface area contributed by atoms with E-state index in [9.17, 15) is 0 Å². The molecule has 15 heavy (non-hydrogen) atoms. The van der Waals surface area contributed by atoms with E-state index in [0.29, 0.717) is 6.10 Å². The third-order valence-electron chi connectivity index (χ3n) is 3.02. The van der Waals surface area contributed by atoms with E-state index in [4.69, 9.17) is 4.74 Å². The Morgan fingerprint density at radius 1 is 1.40 bits per heavy atom. The summed E-state index contributed by atoms with van der Waals surface area (Å²) in [5, 5.41) is 3.60. The minimum atomic E-state index is 0.326. The van der Waals surface area contributed by atoms with Crippen LogP contribution in [0.2, 0.25) is 0 Å². The van der Waals surface area contributed by atoms with Crippen LogP contribution in [-0.4, -0.2) is 25.3 Å². The minimum Gasteiger partial charge on any atom is -0.377 e. The summed E-state index contributed by atoms with van der Waals surface area (Å²) in [6.45, 7) is 7.61. The van der Waals surface area contributed by atoms with Crippen LogP contribution in [0.1, 0.15) is 45.4 Å². The van der Waals surface area contributed by atoms with Gasteiger partial charge in [-0.25, -0.2) is 0 Å². The Bertz CT molecular complexity index is 164. The van der Waals surface area contributed by atoms with Crippen molar-refractivity contribution in [3.05, 3.63) is 12.7 Å². The second-order valence-electron chi connectivity index (χ2n) is 4.50. The predicted molar refractivity (Wildman–Crippen MR) is 65.1 cm³/mol. The van der Waals surface area contributed by atoms with Crippen molar-refractivity contribution >= 4 is 0 Å². The molecule has 0 heterocycles. The Morgan fingerprint density at radius 3 is 2.80 bits per heavy atom. The fourth-order valence-corrected chi connectivity index (χ4v) is 2.05. The molecule has 0 spiro atoms. The van der Waals surface area contributed by atoms with Crippen LogP contribution in [0.15, 0.2) is 12.7 Å². The van der Waals surface area contributed by atoms with E-state index in [1.54, 1.807) is 0 Å². The molecule has 0 amide bonds. The highest BCUT2D eigenvalue weighted by atomic mass is 16.5. The molecule has 0 saturated heterocycles. The molecule has 0 aromatic heterocycles. The Kier molecular flexibility index (Phi) is 6.69. The Hall–Kier alpha value is -0.340. The Morgan fingerprint density at radius 2 is 2.13 bits per heavy atom. The average molecular weight is 211 g/mol. The maximum atomic E-state index is 5.64. The molecule has 1 N–H and O–H groups in total. The Labute approximate surface area is 94.1 Å². The molecule has 1 aliphatic rings. The summed E-state index contributed by atoms with van der Waals surface area (Å²) in [5.41, 5.74) is 0. The lowest BCUT2D eigenvalue weighted by Gasteiger charge is -2.24. The van der Waals surface area contributed by atoms with Crippen LogP contribution in [-0.2, 0) is 4.74 Å². The van der Waals surface area contributed by atoms with Gasteiger partial charge in [-0.3, -0.25) is 0 Å². The first-order valence-corrected chi connectivity index (χ1v) is 6.29. The summed E-state index contributed by atoms with van der Waals surface area (Å²) < 4.78 is 5.64. The maximum absolute atomic E-state index is 5.64. The van der Waals surface area contributed by atoms with E-state index in [1.807, 2.05) is 6.08 Å². The van der Waals surface area contributed by atoms with Gasteiger partial charge in [0.25, 0.3) is 0 Å². The Balaban J connectivity index is 1.99. The van der Waals surface area contributed by atoms with E-state index in [-0.39, 0.29) is 0 Å². The molecule has 0 aliphatic heterocycles. The van der Waals surface area contributed by atoms with Crippen molar-refractivity contribution in [1.29, 1.82) is 0 Å². The number of nitrogens with one attached hydrogen (secondary N) is 1. The number of hydrogen-bond acceptors (Lipinski definition) is 2. The second kappa shape index (κ2) is 7.89. The summed E-state index contributed by atoms with van der Waals surface area (Å²) >= 11 is 0. The largest absolute Gasteiger partial charge is 0.377 e. The van der Waals surface area contributed by atoms with Crippen LogP contribution in [0.3, 0.4) is 0 Å². The normalized spacial score (nSPS) is 20.1. The van der Waals surface area contributed by atoms with Gasteiger partial charge < -0.3 is 10.1 Å². The SMILES string of the molecule is C=CCCOC(C)CNC1CCCCC1. The van der Waals surface area contributed by atoms with Crippen LogP contribution >= 0.6 is 0 Å². The standard InChI is InChI=1S/C13H25NO/c1-3-4-10-15-12(2)11-14-13-8-6-5-7-9-13/h3,12-14H,1,4-11H2,2H3. The fraction of sp³-hybridized carbons (Fsp3) is 0.846. The lowest BCUT2D eigenvalue weighted by Crippen LogP contribution is -2.36. The van der Waals surface area contributed by atoms with Crippen molar-refractivity contribution in [2.24, 2.45) is 0 Å². The van der Waals surface area contributed by atoms with Crippen LogP contribution in [0.5, 0.6) is 0 Å². The molecule has 1 aliphatic carbocycles. The van der Waals surface area contributed by atoms with E-state index in [1.165, 1.54) is 32.1 Å². The van der Waals surface area contributed by atoms with Crippen molar-refractivity contribution < 1.29 is 4.74 Å². The summed E-state index contributed by atoms with van der Waals surface area (Å²) in [6.07, 6.45) is 10.1. The molecule has 0 bridgehead atoms. The van der Waals surface area contributed by atoms with Gasteiger partial charge in [0.05, 0.1) is 12.7 Å². The average Bonchev–Trinajstić information content (AvgIpc) is 2.28. The van der Waals surface area contributed by atoms with Crippen molar-refractivity contribution in [3.63, 3.8) is 0 Å². The van der Waals surface area contributed by atoms with E-state index in [0.717, 1.165) is 25.6 Å². The zero-order valence-corrected chi connectivity index (χ0v) is 10.0. The number of ether oxygens (including phenoxy) is 1. The third-order valence-corrected chi connectivity index (χ3v) is 3.02. The quantitative estimate of drug-likeness (QED) is 0.516. The summed E-state index contributed by atoms with van der Waals surface area (Å²) in [6, 6.07) is 0.740. The highest BCUT2D eigenvalue weighted by Crippen LogP contribution is 2.17. The lowest BCUT2D eigenvalue weighted by atomic mass is 9.95. The van der Waals surface area contributed by atoms with Gasteiger partial charge in [-0.1, -0.05) is 25.3 Å². The predicted octanol–water partition coefficient (Wildman–Crippen LogP) is 2.89. The topological polar surface area (TPSA) is 21.3 Å². The van der Waals surface area contributed by atoms with Gasteiger partial charge >= 0.3 is 0 Å². The van der Waals surface area contributed by atoms with E-state index >= 15 is 0 Å². The summed E-state index contributed by atoms with van der Waals surface area (Å²) in [4.78, 5) is 0. The molecule has 0 aromatic rings. The first-order chi connectivity index (χ1) is 7.33. The summed E-state index contributed by atoms with van der Waals surface area (Å²) in [5.74, 6) is 0. The van der Waals surface area contributed by atoms with Gasteiger partial charge in [0, 0.05) is 12.6 Å². The zero-order chi connectivity index (χ0) is 10.9. The lowest BCUT2D eigenvalue weighted by molar-refractivity contribution is 0.0662. The van der Waals surface area contributed by atoms with Gasteiger partial charge in [-0.15, -0.1) is 6.58 Å². The highest BCUT2D eigenvalue weighted by Gasteiger charge is 2.13. The minimum absolute atomic E-state index is 0.326. The zero-order valence-electron chi connectivity index (χ0n) is 10.0. The van der Waals surface area contributed by atoms with Crippen LogP contribution in [0, 0.1) is 0 Å². The molecule has 1 fully saturated rings. The van der Waals surface area contributed by atoms with Crippen LogP contribution in [0.4, 0.5) is 0 Å². The molecule has 2 nitrogen and oxygen atoms in total. The second-order valence-corrected chi connectivity index (χ2v) is 4.50. The smallest absolute Gasteiger partial charge is 0.0671 e. The number of rotatable bonds is 7. The molecule has 1 atom stereocenters. The molecule has 1 unspecified atom stereocenters. The van der Waals surface area contributed by atoms with Gasteiger partial charge in [0.1, 0.15) is 0 Å². The van der Waals surface area contributed by atoms with Crippen LogP contribution < -0.4 is 5.32 Å². The highest BCUT2D eigenvalue weighted by molar-refractivity contribution is 4.73. The summed E-state index contributed by atoms with van der Waals surface area (Å²) in [7, 11) is 0. The fourth-order valence-electron chi connectivity index (χ4n) is 2.05. The molecule has 0 aromatic carbocycles. The van der Waals surface area contributed by atoms with Crippen molar-refractivity contribution in [2.75, 3.05) is 13.2 Å². The van der Waals surface area contributed by atoms with Gasteiger partial charge in [-0.05, 0) is 26.2 Å². The molecule has 1 rings (SSSR count). The van der Waals surface area contributed by atoms with Crippen molar-refractivity contribution in [2.45, 2.75) is 57.6 Å². The van der Waals surface area contributed by atoms with Gasteiger partial charge in [0.15, 0.2) is 0 Å². The van der Waals surface area contributed by atoms with Gasteiger partial charge in [-0.2, -0.15) is 0 Å².